The van der Waals surface area contributed by atoms with E-state index in [-0.39, 0.29) is 17.7 Å². The molecule has 106 valence electrons. The van der Waals surface area contributed by atoms with Crippen molar-refractivity contribution >= 4 is 17.5 Å². The second kappa shape index (κ2) is 5.61. The number of carbonyl (C=O) groups is 2. The molecule has 0 radical (unpaired) electrons. The van der Waals surface area contributed by atoms with Gasteiger partial charge in [-0.2, -0.15) is 0 Å². The van der Waals surface area contributed by atoms with Crippen molar-refractivity contribution in [3.05, 3.63) is 24.0 Å². The number of nitrogens with one attached hydrogen (secondary N) is 1. The SMILES string of the molecule is O=C1CC[C@H](c2cncc(N3CCCCC3)c2)C(=O)N1. The number of carbonyl (C=O) groups excluding carboxylic acids is 2. The molecule has 0 bridgehead atoms. The maximum atomic E-state index is 11.9. The van der Waals surface area contributed by atoms with Gasteiger partial charge in [-0.05, 0) is 37.3 Å². The van der Waals surface area contributed by atoms with E-state index in [9.17, 15) is 9.59 Å². The van der Waals surface area contributed by atoms with Gasteiger partial charge in [0.2, 0.25) is 11.8 Å². The normalized spacial score (nSPS) is 23.6. The molecule has 0 aromatic carbocycles. The molecule has 1 aromatic rings. The Morgan fingerprint density at radius 1 is 1.15 bits per heavy atom. The first-order valence-corrected chi connectivity index (χ1v) is 7.27. The van der Waals surface area contributed by atoms with Crippen LogP contribution in [0.15, 0.2) is 18.5 Å². The summed E-state index contributed by atoms with van der Waals surface area (Å²) in [6.45, 7) is 2.11. The quantitative estimate of drug-likeness (QED) is 0.831. The van der Waals surface area contributed by atoms with Gasteiger partial charge < -0.3 is 4.90 Å². The molecule has 0 saturated carbocycles. The van der Waals surface area contributed by atoms with E-state index < -0.39 is 0 Å². The zero-order valence-electron chi connectivity index (χ0n) is 11.5. The minimum Gasteiger partial charge on any atom is -0.370 e. The highest BCUT2D eigenvalue weighted by Crippen LogP contribution is 2.28. The van der Waals surface area contributed by atoms with Crippen LogP contribution in [0.1, 0.15) is 43.6 Å². The number of imide groups is 1. The third-order valence-corrected chi connectivity index (χ3v) is 4.11. The number of rotatable bonds is 2. The first-order valence-electron chi connectivity index (χ1n) is 7.27. The van der Waals surface area contributed by atoms with Crippen LogP contribution in [-0.4, -0.2) is 29.9 Å². The number of piperidine rings is 2. The van der Waals surface area contributed by atoms with E-state index >= 15 is 0 Å². The lowest BCUT2D eigenvalue weighted by Gasteiger charge is -2.29. The average Bonchev–Trinajstić information content (AvgIpc) is 2.48. The lowest BCUT2D eigenvalue weighted by Crippen LogP contribution is -2.39. The predicted octanol–water partition coefficient (Wildman–Crippen LogP) is 1.59. The highest BCUT2D eigenvalue weighted by molar-refractivity contribution is 6.00. The summed E-state index contributed by atoms with van der Waals surface area (Å²) in [5.74, 6) is -0.616. The summed E-state index contributed by atoms with van der Waals surface area (Å²) in [4.78, 5) is 29.7. The summed E-state index contributed by atoms with van der Waals surface area (Å²) in [5, 5.41) is 2.41. The van der Waals surface area contributed by atoms with Crippen molar-refractivity contribution in [1.82, 2.24) is 10.3 Å². The number of pyridine rings is 1. The van der Waals surface area contributed by atoms with Crippen LogP contribution in [0, 0.1) is 0 Å². The zero-order chi connectivity index (χ0) is 13.9. The smallest absolute Gasteiger partial charge is 0.234 e. The molecule has 20 heavy (non-hydrogen) atoms. The number of anilines is 1. The molecule has 0 unspecified atom stereocenters. The fourth-order valence-electron chi connectivity index (χ4n) is 2.97. The van der Waals surface area contributed by atoms with Crippen molar-refractivity contribution in [3.63, 3.8) is 0 Å². The molecule has 1 aromatic heterocycles. The van der Waals surface area contributed by atoms with Crippen LogP contribution in [0.25, 0.3) is 0 Å². The molecule has 0 aliphatic carbocycles. The summed E-state index contributed by atoms with van der Waals surface area (Å²) in [7, 11) is 0. The number of aromatic nitrogens is 1. The Balaban J connectivity index is 1.80. The van der Waals surface area contributed by atoms with Crippen molar-refractivity contribution in [3.8, 4) is 0 Å². The van der Waals surface area contributed by atoms with Crippen LogP contribution in [0.2, 0.25) is 0 Å². The van der Waals surface area contributed by atoms with Gasteiger partial charge in [0, 0.05) is 25.7 Å². The Labute approximate surface area is 118 Å². The molecule has 2 amide bonds. The van der Waals surface area contributed by atoms with E-state index in [1.807, 2.05) is 6.20 Å². The van der Waals surface area contributed by atoms with Crippen molar-refractivity contribution in [1.29, 1.82) is 0 Å². The summed E-state index contributed by atoms with van der Waals surface area (Å²) in [6, 6.07) is 2.05. The first-order chi connectivity index (χ1) is 9.74. The second-order valence-electron chi connectivity index (χ2n) is 5.53. The number of amides is 2. The van der Waals surface area contributed by atoms with Crippen LogP contribution < -0.4 is 10.2 Å². The average molecular weight is 273 g/mol. The lowest BCUT2D eigenvalue weighted by atomic mass is 9.91. The first kappa shape index (κ1) is 13.1. The third-order valence-electron chi connectivity index (χ3n) is 4.11. The molecule has 2 fully saturated rings. The fraction of sp³-hybridized carbons (Fsp3) is 0.533. The van der Waals surface area contributed by atoms with Gasteiger partial charge >= 0.3 is 0 Å². The number of hydrogen-bond acceptors (Lipinski definition) is 4. The van der Waals surface area contributed by atoms with Crippen LogP contribution >= 0.6 is 0 Å². The van der Waals surface area contributed by atoms with Crippen molar-refractivity contribution in [2.75, 3.05) is 18.0 Å². The largest absolute Gasteiger partial charge is 0.370 e. The molecule has 1 N–H and O–H groups in total. The predicted molar refractivity (Wildman–Crippen MR) is 75.4 cm³/mol. The molecule has 3 rings (SSSR count). The maximum absolute atomic E-state index is 11.9. The van der Waals surface area contributed by atoms with Crippen molar-refractivity contribution in [2.24, 2.45) is 0 Å². The highest BCUT2D eigenvalue weighted by atomic mass is 16.2. The molecule has 1 atom stereocenters. The molecule has 5 nitrogen and oxygen atoms in total. The van der Waals surface area contributed by atoms with Crippen molar-refractivity contribution in [2.45, 2.75) is 38.0 Å². The molecule has 5 heteroatoms. The van der Waals surface area contributed by atoms with Gasteiger partial charge in [-0.1, -0.05) is 0 Å². The number of nitrogens with zero attached hydrogens (tertiary/aromatic N) is 2. The van der Waals surface area contributed by atoms with Gasteiger partial charge in [-0.3, -0.25) is 19.9 Å². The summed E-state index contributed by atoms with van der Waals surface area (Å²) >= 11 is 0. The van der Waals surface area contributed by atoms with E-state index in [1.54, 1.807) is 6.20 Å². The van der Waals surface area contributed by atoms with E-state index in [4.69, 9.17) is 0 Å². The van der Waals surface area contributed by atoms with E-state index in [1.165, 1.54) is 19.3 Å². The fourth-order valence-corrected chi connectivity index (χ4v) is 2.97. The summed E-state index contributed by atoms with van der Waals surface area (Å²) in [6.07, 6.45) is 8.30. The van der Waals surface area contributed by atoms with Crippen LogP contribution in [0.5, 0.6) is 0 Å². The monoisotopic (exact) mass is 273 g/mol. The standard InChI is InChI=1S/C15H19N3O2/c19-14-5-4-13(15(20)17-14)11-8-12(10-16-9-11)18-6-2-1-3-7-18/h8-10,13H,1-7H2,(H,17,19,20)/t13-/m1/s1. The van der Waals surface area contributed by atoms with Gasteiger partial charge in [0.15, 0.2) is 0 Å². The van der Waals surface area contributed by atoms with Gasteiger partial charge in [0.25, 0.3) is 0 Å². The van der Waals surface area contributed by atoms with E-state index in [2.05, 4.69) is 21.3 Å². The minimum atomic E-state index is -0.245. The minimum absolute atomic E-state index is 0.175. The van der Waals surface area contributed by atoms with Crippen LogP contribution in [-0.2, 0) is 9.59 Å². The molecular weight excluding hydrogens is 254 g/mol. The van der Waals surface area contributed by atoms with Crippen LogP contribution in [0.3, 0.4) is 0 Å². The molecule has 2 aliphatic rings. The molecule has 2 aliphatic heterocycles. The molecule has 2 saturated heterocycles. The Morgan fingerprint density at radius 3 is 2.70 bits per heavy atom. The maximum Gasteiger partial charge on any atom is 0.234 e. The molecular formula is C15H19N3O2. The Bertz CT molecular complexity index is 524. The van der Waals surface area contributed by atoms with E-state index in [0.29, 0.717) is 12.8 Å². The van der Waals surface area contributed by atoms with Crippen molar-refractivity contribution < 1.29 is 9.59 Å². The van der Waals surface area contributed by atoms with E-state index in [0.717, 1.165) is 24.3 Å². The Hall–Kier alpha value is -1.91. The zero-order valence-corrected chi connectivity index (χ0v) is 11.5. The topological polar surface area (TPSA) is 62.3 Å². The van der Waals surface area contributed by atoms with Gasteiger partial charge in [-0.25, -0.2) is 0 Å². The highest BCUT2D eigenvalue weighted by Gasteiger charge is 2.28. The third kappa shape index (κ3) is 2.66. The summed E-state index contributed by atoms with van der Waals surface area (Å²) in [5.41, 5.74) is 2.00. The summed E-state index contributed by atoms with van der Waals surface area (Å²) < 4.78 is 0. The Kier molecular flexibility index (Phi) is 3.67. The molecule has 0 spiro atoms. The van der Waals surface area contributed by atoms with Gasteiger partial charge in [0.1, 0.15) is 0 Å². The number of hydrogen-bond donors (Lipinski definition) is 1. The van der Waals surface area contributed by atoms with Gasteiger partial charge in [0.05, 0.1) is 17.8 Å². The lowest BCUT2D eigenvalue weighted by molar-refractivity contribution is -0.134. The Morgan fingerprint density at radius 2 is 1.95 bits per heavy atom. The van der Waals surface area contributed by atoms with Crippen LogP contribution in [0.4, 0.5) is 5.69 Å². The molecule has 3 heterocycles. The second-order valence-corrected chi connectivity index (χ2v) is 5.53. The van der Waals surface area contributed by atoms with Gasteiger partial charge in [-0.15, -0.1) is 0 Å².